The molecule has 1 aromatic heterocycles. The van der Waals surface area contributed by atoms with Crippen LogP contribution < -0.4 is 0 Å². The molecule has 1 aromatic rings. The van der Waals surface area contributed by atoms with E-state index in [1.807, 2.05) is 6.92 Å². The number of likely N-dealkylation sites (tertiary alicyclic amines) is 1. The lowest BCUT2D eigenvalue weighted by Crippen LogP contribution is -2.29. The van der Waals surface area contributed by atoms with Crippen molar-refractivity contribution in [2.45, 2.75) is 26.2 Å². The van der Waals surface area contributed by atoms with Crippen molar-refractivity contribution in [1.29, 1.82) is 0 Å². The molecule has 6 heteroatoms. The Hall–Kier alpha value is -1.85. The van der Waals surface area contributed by atoms with Crippen LogP contribution in [0.25, 0.3) is 0 Å². The third-order valence-corrected chi connectivity index (χ3v) is 3.58. The highest BCUT2D eigenvalue weighted by Crippen LogP contribution is 2.23. The summed E-state index contributed by atoms with van der Waals surface area (Å²) in [5.41, 5.74) is 1.38. The van der Waals surface area contributed by atoms with Crippen LogP contribution >= 0.6 is 0 Å². The molecule has 0 spiro atoms. The van der Waals surface area contributed by atoms with E-state index in [-0.39, 0.29) is 12.3 Å². The normalized spacial score (nSPS) is 18.8. The van der Waals surface area contributed by atoms with Crippen LogP contribution in [0, 0.1) is 12.8 Å². The Balaban J connectivity index is 1.95. The zero-order valence-electron chi connectivity index (χ0n) is 11.3. The quantitative estimate of drug-likeness (QED) is 0.883. The van der Waals surface area contributed by atoms with Crippen LogP contribution in [-0.2, 0) is 11.8 Å². The van der Waals surface area contributed by atoms with Crippen LogP contribution in [0.4, 0.5) is 0 Å². The lowest BCUT2D eigenvalue weighted by atomic mass is 10.0. The molecule has 19 heavy (non-hydrogen) atoms. The predicted octanol–water partition coefficient (Wildman–Crippen LogP) is 1.06. The number of amides is 1. The maximum atomic E-state index is 12.3. The van der Waals surface area contributed by atoms with Crippen molar-refractivity contribution >= 4 is 11.9 Å². The maximum absolute atomic E-state index is 12.3. The summed E-state index contributed by atoms with van der Waals surface area (Å²) in [6.07, 6.45) is 3.45. The number of hydrogen-bond acceptors (Lipinski definition) is 3. The molecule has 1 atom stereocenters. The number of hydrogen-bond donors (Lipinski definition) is 1. The SMILES string of the molecule is Cc1nn(C)cc1C(=O)N1CCC(CCC(=O)O)C1. The van der Waals surface area contributed by atoms with Crippen LogP contribution in [0.5, 0.6) is 0 Å². The fourth-order valence-corrected chi connectivity index (χ4v) is 2.56. The van der Waals surface area contributed by atoms with E-state index >= 15 is 0 Å². The minimum atomic E-state index is -0.770. The number of carboxylic acid groups (broad SMARTS) is 1. The maximum Gasteiger partial charge on any atom is 0.303 e. The predicted molar refractivity (Wildman–Crippen MR) is 68.8 cm³/mol. The van der Waals surface area contributed by atoms with Crippen LogP contribution in [0.3, 0.4) is 0 Å². The summed E-state index contributed by atoms with van der Waals surface area (Å²) in [6.45, 7) is 3.18. The van der Waals surface area contributed by atoms with E-state index in [0.29, 0.717) is 31.0 Å². The van der Waals surface area contributed by atoms with Crippen molar-refractivity contribution in [3.05, 3.63) is 17.5 Å². The number of aryl methyl sites for hydroxylation is 2. The molecule has 0 aliphatic carbocycles. The van der Waals surface area contributed by atoms with Crippen LogP contribution in [0.1, 0.15) is 35.3 Å². The molecular weight excluding hydrogens is 246 g/mol. The van der Waals surface area contributed by atoms with Gasteiger partial charge in [0.15, 0.2) is 0 Å². The minimum absolute atomic E-state index is 0.00317. The van der Waals surface area contributed by atoms with Crippen molar-refractivity contribution < 1.29 is 14.7 Å². The fourth-order valence-electron chi connectivity index (χ4n) is 2.56. The van der Waals surface area contributed by atoms with Gasteiger partial charge in [-0.05, 0) is 25.7 Å². The number of carbonyl (C=O) groups is 2. The van der Waals surface area contributed by atoms with Gasteiger partial charge in [-0.2, -0.15) is 5.10 Å². The molecule has 1 saturated heterocycles. The van der Waals surface area contributed by atoms with Gasteiger partial charge < -0.3 is 10.0 Å². The third-order valence-electron chi connectivity index (χ3n) is 3.58. The van der Waals surface area contributed by atoms with Gasteiger partial charge >= 0.3 is 5.97 Å². The number of carbonyl (C=O) groups excluding carboxylic acids is 1. The van der Waals surface area contributed by atoms with Gasteiger partial charge in [0.2, 0.25) is 0 Å². The number of rotatable bonds is 4. The van der Waals surface area contributed by atoms with Gasteiger partial charge in [0.1, 0.15) is 0 Å². The van der Waals surface area contributed by atoms with E-state index in [2.05, 4.69) is 5.10 Å². The molecule has 1 N–H and O–H groups in total. The molecule has 6 nitrogen and oxygen atoms in total. The summed E-state index contributed by atoms with van der Waals surface area (Å²) in [5.74, 6) is -0.465. The summed E-state index contributed by atoms with van der Waals surface area (Å²) in [4.78, 5) is 24.7. The Morgan fingerprint density at radius 1 is 1.53 bits per heavy atom. The van der Waals surface area contributed by atoms with E-state index < -0.39 is 5.97 Å². The molecule has 1 unspecified atom stereocenters. The van der Waals surface area contributed by atoms with Gasteiger partial charge in [-0.1, -0.05) is 0 Å². The van der Waals surface area contributed by atoms with Crippen molar-refractivity contribution in [3.8, 4) is 0 Å². The Morgan fingerprint density at radius 3 is 2.84 bits per heavy atom. The average molecular weight is 265 g/mol. The third kappa shape index (κ3) is 3.13. The molecule has 0 bridgehead atoms. The molecule has 1 fully saturated rings. The van der Waals surface area contributed by atoms with Crippen LogP contribution in [0.2, 0.25) is 0 Å². The summed E-state index contributed by atoms with van der Waals surface area (Å²) in [5, 5.41) is 12.8. The van der Waals surface area contributed by atoms with Crippen molar-refractivity contribution in [2.24, 2.45) is 13.0 Å². The van der Waals surface area contributed by atoms with Gasteiger partial charge in [0, 0.05) is 32.8 Å². The Morgan fingerprint density at radius 2 is 2.26 bits per heavy atom. The van der Waals surface area contributed by atoms with Gasteiger partial charge in [0.05, 0.1) is 11.3 Å². The molecule has 1 amide bonds. The lowest BCUT2D eigenvalue weighted by molar-refractivity contribution is -0.137. The summed E-state index contributed by atoms with van der Waals surface area (Å²) >= 11 is 0. The smallest absolute Gasteiger partial charge is 0.303 e. The molecule has 1 aliphatic rings. The first-order valence-electron chi connectivity index (χ1n) is 6.48. The second-order valence-electron chi connectivity index (χ2n) is 5.14. The van der Waals surface area contributed by atoms with E-state index in [1.165, 1.54) is 0 Å². The summed E-state index contributed by atoms with van der Waals surface area (Å²) < 4.78 is 1.64. The van der Waals surface area contributed by atoms with Crippen molar-refractivity contribution in [3.63, 3.8) is 0 Å². The molecule has 0 saturated carbocycles. The minimum Gasteiger partial charge on any atom is -0.481 e. The highest BCUT2D eigenvalue weighted by atomic mass is 16.4. The highest BCUT2D eigenvalue weighted by Gasteiger charge is 2.28. The Kier molecular flexibility index (Phi) is 3.87. The van der Waals surface area contributed by atoms with E-state index in [4.69, 9.17) is 5.11 Å². The zero-order chi connectivity index (χ0) is 14.0. The zero-order valence-corrected chi connectivity index (χ0v) is 11.3. The number of aromatic nitrogens is 2. The summed E-state index contributed by atoms with van der Waals surface area (Å²) in [7, 11) is 1.80. The van der Waals surface area contributed by atoms with Crippen molar-refractivity contribution in [2.75, 3.05) is 13.1 Å². The lowest BCUT2D eigenvalue weighted by Gasteiger charge is -2.15. The molecular formula is C13H19N3O3. The van der Waals surface area contributed by atoms with Crippen LogP contribution in [0.15, 0.2) is 6.20 Å². The van der Waals surface area contributed by atoms with Gasteiger partial charge in [-0.3, -0.25) is 14.3 Å². The first-order valence-corrected chi connectivity index (χ1v) is 6.48. The Labute approximate surface area is 112 Å². The fraction of sp³-hybridized carbons (Fsp3) is 0.615. The van der Waals surface area contributed by atoms with E-state index in [0.717, 1.165) is 12.1 Å². The summed E-state index contributed by atoms with van der Waals surface area (Å²) in [6, 6.07) is 0. The van der Waals surface area contributed by atoms with E-state index in [9.17, 15) is 9.59 Å². The average Bonchev–Trinajstić information content (AvgIpc) is 2.92. The number of aliphatic carboxylic acids is 1. The van der Waals surface area contributed by atoms with Crippen LogP contribution in [-0.4, -0.2) is 44.8 Å². The molecule has 2 rings (SSSR count). The van der Waals surface area contributed by atoms with Gasteiger partial charge in [-0.25, -0.2) is 0 Å². The van der Waals surface area contributed by atoms with Gasteiger partial charge in [0.25, 0.3) is 5.91 Å². The van der Waals surface area contributed by atoms with Gasteiger partial charge in [-0.15, -0.1) is 0 Å². The monoisotopic (exact) mass is 265 g/mol. The standard InChI is InChI=1S/C13H19N3O3/c1-9-11(8-15(2)14-9)13(19)16-6-5-10(7-16)3-4-12(17)18/h8,10H,3-7H2,1-2H3,(H,17,18). The first kappa shape index (κ1) is 13.6. The first-order chi connectivity index (χ1) is 8.97. The number of carboxylic acids is 1. The molecule has 104 valence electrons. The van der Waals surface area contributed by atoms with Crippen molar-refractivity contribution in [1.82, 2.24) is 14.7 Å². The largest absolute Gasteiger partial charge is 0.481 e. The molecule has 0 radical (unpaired) electrons. The van der Waals surface area contributed by atoms with E-state index in [1.54, 1.807) is 22.8 Å². The second-order valence-corrected chi connectivity index (χ2v) is 5.14. The number of nitrogens with zero attached hydrogens (tertiary/aromatic N) is 3. The second kappa shape index (κ2) is 5.42. The topological polar surface area (TPSA) is 75.4 Å². The molecule has 0 aromatic carbocycles. The Bertz CT molecular complexity index is 495. The molecule has 2 heterocycles. The molecule has 1 aliphatic heterocycles. The highest BCUT2D eigenvalue weighted by molar-refractivity contribution is 5.95.